The summed E-state index contributed by atoms with van der Waals surface area (Å²) < 4.78 is 0. The van der Waals surface area contributed by atoms with Gasteiger partial charge in [-0.3, -0.25) is 9.59 Å². The average molecular weight is 199 g/mol. The Morgan fingerprint density at radius 3 is 2.43 bits per heavy atom. The Morgan fingerprint density at radius 2 is 2.00 bits per heavy atom. The van der Waals surface area contributed by atoms with Crippen LogP contribution in [-0.4, -0.2) is 29.9 Å². The van der Waals surface area contributed by atoms with Gasteiger partial charge >= 0.3 is 0 Å². The van der Waals surface area contributed by atoms with Gasteiger partial charge in [0.05, 0.1) is 12.1 Å². The van der Waals surface area contributed by atoms with Crippen molar-refractivity contribution in [3.05, 3.63) is 0 Å². The van der Waals surface area contributed by atoms with Crippen LogP contribution in [0, 0.1) is 0 Å². The van der Waals surface area contributed by atoms with Gasteiger partial charge in [-0.15, -0.1) is 0 Å². The molecule has 0 aromatic rings. The molecule has 0 unspecified atom stereocenters. The second-order valence-electron chi connectivity index (χ2n) is 4.25. The third-order valence-electron chi connectivity index (χ3n) is 1.94. The molecule has 0 heterocycles. The maximum absolute atomic E-state index is 11.3. The predicted octanol–water partition coefficient (Wildman–Crippen LogP) is -0.881. The number of rotatable bonds is 4. The standard InChI is InChI=1S/C9H17N3O2/c1-9(2,10)8(14)11-5-7(13)12-6-3-4-6/h6H,3-5,10H2,1-2H3,(H,11,14)(H,12,13). The minimum Gasteiger partial charge on any atom is -0.352 e. The normalized spacial score (nSPS) is 16.2. The van der Waals surface area contributed by atoms with Crippen LogP contribution < -0.4 is 16.4 Å². The minimum atomic E-state index is -0.931. The molecule has 1 saturated carbocycles. The number of amides is 2. The summed E-state index contributed by atoms with van der Waals surface area (Å²) in [4.78, 5) is 22.4. The molecule has 0 aromatic carbocycles. The summed E-state index contributed by atoms with van der Waals surface area (Å²) in [5.74, 6) is -0.464. The van der Waals surface area contributed by atoms with Crippen molar-refractivity contribution in [1.29, 1.82) is 0 Å². The van der Waals surface area contributed by atoms with Crippen molar-refractivity contribution in [1.82, 2.24) is 10.6 Å². The molecule has 0 aliphatic heterocycles. The highest BCUT2D eigenvalue weighted by molar-refractivity contribution is 5.89. The monoisotopic (exact) mass is 199 g/mol. The summed E-state index contributed by atoms with van der Waals surface area (Å²) >= 11 is 0. The lowest BCUT2D eigenvalue weighted by molar-refractivity contribution is -0.128. The molecular formula is C9H17N3O2. The van der Waals surface area contributed by atoms with E-state index < -0.39 is 5.54 Å². The molecule has 14 heavy (non-hydrogen) atoms. The van der Waals surface area contributed by atoms with Crippen molar-refractivity contribution in [3.8, 4) is 0 Å². The number of nitrogens with two attached hydrogens (primary N) is 1. The first-order valence-corrected chi connectivity index (χ1v) is 4.76. The van der Waals surface area contributed by atoms with Gasteiger partial charge in [-0.1, -0.05) is 0 Å². The zero-order valence-electron chi connectivity index (χ0n) is 8.59. The number of carbonyl (C=O) groups is 2. The van der Waals surface area contributed by atoms with Crippen LogP contribution >= 0.6 is 0 Å². The van der Waals surface area contributed by atoms with Crippen molar-refractivity contribution in [2.75, 3.05) is 6.54 Å². The first-order valence-electron chi connectivity index (χ1n) is 4.76. The Hall–Kier alpha value is -1.10. The van der Waals surface area contributed by atoms with E-state index in [4.69, 9.17) is 5.73 Å². The Morgan fingerprint density at radius 1 is 1.43 bits per heavy atom. The lowest BCUT2D eigenvalue weighted by atomic mass is 10.1. The molecular weight excluding hydrogens is 182 g/mol. The van der Waals surface area contributed by atoms with Gasteiger partial charge in [0.15, 0.2) is 0 Å². The second kappa shape index (κ2) is 3.96. The molecule has 1 aliphatic carbocycles. The van der Waals surface area contributed by atoms with E-state index >= 15 is 0 Å². The molecule has 5 nitrogen and oxygen atoms in total. The quantitative estimate of drug-likeness (QED) is 0.549. The number of hydrogen-bond acceptors (Lipinski definition) is 3. The first-order chi connectivity index (χ1) is 6.39. The molecule has 0 radical (unpaired) electrons. The summed E-state index contributed by atoms with van der Waals surface area (Å²) in [5, 5.41) is 5.25. The van der Waals surface area contributed by atoms with Gasteiger partial charge in [0.25, 0.3) is 0 Å². The molecule has 0 aromatic heterocycles. The fraction of sp³-hybridized carbons (Fsp3) is 0.778. The Labute approximate surface area is 83.4 Å². The smallest absolute Gasteiger partial charge is 0.239 e. The number of carbonyl (C=O) groups excluding carboxylic acids is 2. The lowest BCUT2D eigenvalue weighted by Gasteiger charge is -2.17. The molecule has 1 aliphatic rings. The molecule has 80 valence electrons. The predicted molar refractivity (Wildman–Crippen MR) is 52.4 cm³/mol. The van der Waals surface area contributed by atoms with Crippen molar-refractivity contribution in [3.63, 3.8) is 0 Å². The van der Waals surface area contributed by atoms with Crippen molar-refractivity contribution < 1.29 is 9.59 Å². The highest BCUT2D eigenvalue weighted by atomic mass is 16.2. The summed E-state index contributed by atoms with van der Waals surface area (Å²) in [6.07, 6.45) is 2.09. The zero-order valence-corrected chi connectivity index (χ0v) is 8.59. The van der Waals surface area contributed by atoms with E-state index in [1.165, 1.54) is 0 Å². The Bertz CT molecular complexity index is 241. The van der Waals surface area contributed by atoms with E-state index in [1.807, 2.05) is 0 Å². The molecule has 0 atom stereocenters. The third-order valence-corrected chi connectivity index (χ3v) is 1.94. The summed E-state index contributed by atoms with van der Waals surface area (Å²) in [6.45, 7) is 3.21. The average Bonchev–Trinajstić information content (AvgIpc) is 2.82. The molecule has 1 fully saturated rings. The molecule has 4 N–H and O–H groups in total. The third kappa shape index (κ3) is 3.74. The van der Waals surface area contributed by atoms with Gasteiger partial charge in [-0.25, -0.2) is 0 Å². The summed E-state index contributed by atoms with van der Waals surface area (Å²) in [7, 11) is 0. The van der Waals surface area contributed by atoms with Crippen LogP contribution in [0.2, 0.25) is 0 Å². The van der Waals surface area contributed by atoms with Crippen molar-refractivity contribution >= 4 is 11.8 Å². The summed E-state index contributed by atoms with van der Waals surface area (Å²) in [6, 6.07) is 0.324. The van der Waals surface area contributed by atoms with Crippen LogP contribution in [-0.2, 0) is 9.59 Å². The van der Waals surface area contributed by atoms with Crippen LogP contribution in [0.3, 0.4) is 0 Å². The summed E-state index contributed by atoms with van der Waals surface area (Å²) in [5.41, 5.74) is 4.60. The number of hydrogen-bond donors (Lipinski definition) is 3. The molecule has 0 bridgehead atoms. The molecule has 0 spiro atoms. The SMILES string of the molecule is CC(C)(N)C(=O)NCC(=O)NC1CC1. The molecule has 2 amide bonds. The van der Waals surface area contributed by atoms with Crippen LogP contribution in [0.1, 0.15) is 26.7 Å². The van der Waals surface area contributed by atoms with Gasteiger partial charge in [-0.2, -0.15) is 0 Å². The number of nitrogens with one attached hydrogen (secondary N) is 2. The Balaban J connectivity index is 2.18. The molecule has 0 saturated heterocycles. The molecule has 5 heteroatoms. The van der Waals surface area contributed by atoms with Gasteiger partial charge in [0, 0.05) is 6.04 Å². The van der Waals surface area contributed by atoms with E-state index in [-0.39, 0.29) is 18.4 Å². The van der Waals surface area contributed by atoms with E-state index in [9.17, 15) is 9.59 Å². The zero-order chi connectivity index (χ0) is 10.8. The first kappa shape index (κ1) is 11.0. The largest absolute Gasteiger partial charge is 0.352 e. The fourth-order valence-electron chi connectivity index (χ4n) is 0.895. The van der Waals surface area contributed by atoms with E-state index in [1.54, 1.807) is 13.8 Å². The maximum atomic E-state index is 11.3. The highest BCUT2D eigenvalue weighted by Gasteiger charge is 2.25. The lowest BCUT2D eigenvalue weighted by Crippen LogP contribution is -2.51. The fourth-order valence-corrected chi connectivity index (χ4v) is 0.895. The van der Waals surface area contributed by atoms with E-state index in [0.717, 1.165) is 12.8 Å². The van der Waals surface area contributed by atoms with Crippen molar-refractivity contribution in [2.24, 2.45) is 5.73 Å². The van der Waals surface area contributed by atoms with Gasteiger partial charge in [0.1, 0.15) is 0 Å². The van der Waals surface area contributed by atoms with Crippen LogP contribution in [0.5, 0.6) is 0 Å². The van der Waals surface area contributed by atoms with Crippen LogP contribution in [0.4, 0.5) is 0 Å². The van der Waals surface area contributed by atoms with Crippen LogP contribution in [0.15, 0.2) is 0 Å². The van der Waals surface area contributed by atoms with E-state index in [0.29, 0.717) is 6.04 Å². The maximum Gasteiger partial charge on any atom is 0.239 e. The minimum absolute atomic E-state index is 0.00988. The van der Waals surface area contributed by atoms with Crippen molar-refractivity contribution in [2.45, 2.75) is 38.3 Å². The highest BCUT2D eigenvalue weighted by Crippen LogP contribution is 2.18. The van der Waals surface area contributed by atoms with Crippen LogP contribution in [0.25, 0.3) is 0 Å². The molecule has 1 rings (SSSR count). The van der Waals surface area contributed by atoms with Gasteiger partial charge in [0.2, 0.25) is 11.8 Å². The second-order valence-corrected chi connectivity index (χ2v) is 4.25. The Kier molecular flexibility index (Phi) is 3.10. The van der Waals surface area contributed by atoms with Gasteiger partial charge < -0.3 is 16.4 Å². The van der Waals surface area contributed by atoms with E-state index in [2.05, 4.69) is 10.6 Å². The van der Waals surface area contributed by atoms with Gasteiger partial charge in [-0.05, 0) is 26.7 Å². The topological polar surface area (TPSA) is 84.2 Å².